The van der Waals surface area contributed by atoms with Crippen LogP contribution >= 0.6 is 0 Å². The molecule has 100 valence electrons. The van der Waals surface area contributed by atoms with Crippen molar-refractivity contribution in [2.24, 2.45) is 0 Å². The number of anilines is 1. The van der Waals surface area contributed by atoms with E-state index in [1.165, 1.54) is 22.4 Å². The van der Waals surface area contributed by atoms with E-state index in [9.17, 15) is 0 Å². The number of hydrogen-bond donors (Lipinski definition) is 1. The van der Waals surface area contributed by atoms with Crippen LogP contribution in [-0.4, -0.2) is 6.04 Å². The Labute approximate surface area is 116 Å². The van der Waals surface area contributed by atoms with Gasteiger partial charge in [-0.15, -0.1) is 0 Å². The van der Waals surface area contributed by atoms with Gasteiger partial charge in [-0.05, 0) is 44.4 Å². The van der Waals surface area contributed by atoms with Gasteiger partial charge in [0.1, 0.15) is 0 Å². The molecule has 0 aromatic heterocycles. The zero-order chi connectivity index (χ0) is 13.7. The molecule has 2 rings (SSSR count). The van der Waals surface area contributed by atoms with Crippen LogP contribution in [0.2, 0.25) is 0 Å². The van der Waals surface area contributed by atoms with E-state index >= 15 is 0 Å². The van der Waals surface area contributed by atoms with Gasteiger partial charge >= 0.3 is 0 Å². The van der Waals surface area contributed by atoms with Crippen LogP contribution in [0.5, 0.6) is 0 Å². The van der Waals surface area contributed by atoms with Gasteiger partial charge in [0.2, 0.25) is 0 Å². The van der Waals surface area contributed by atoms with E-state index in [2.05, 4.69) is 74.6 Å². The summed E-state index contributed by atoms with van der Waals surface area (Å²) < 4.78 is 0. The molecular weight excluding hydrogens is 230 g/mol. The fraction of sp³-hybridized carbons (Fsp3) is 0.333. The molecule has 0 fully saturated rings. The smallest absolute Gasteiger partial charge is 0.0342 e. The van der Waals surface area contributed by atoms with Crippen molar-refractivity contribution in [1.29, 1.82) is 0 Å². The maximum absolute atomic E-state index is 3.62. The van der Waals surface area contributed by atoms with E-state index in [4.69, 9.17) is 0 Å². The first kappa shape index (κ1) is 13.7. The van der Waals surface area contributed by atoms with Crippen LogP contribution in [0.15, 0.2) is 48.5 Å². The van der Waals surface area contributed by atoms with Gasteiger partial charge in [0.05, 0.1) is 0 Å². The molecule has 0 saturated carbocycles. The van der Waals surface area contributed by atoms with E-state index in [1.807, 2.05) is 0 Å². The van der Waals surface area contributed by atoms with Crippen molar-refractivity contribution in [1.82, 2.24) is 0 Å². The molecule has 0 heterocycles. The molecule has 1 unspecified atom stereocenters. The normalized spacial score (nSPS) is 12.2. The molecule has 0 bridgehead atoms. The number of nitrogens with one attached hydrogen (secondary N) is 1. The fourth-order valence-electron chi connectivity index (χ4n) is 2.31. The first-order chi connectivity index (χ1) is 9.17. The van der Waals surface area contributed by atoms with E-state index in [0.717, 1.165) is 12.8 Å². The van der Waals surface area contributed by atoms with Crippen LogP contribution in [0.25, 0.3) is 0 Å². The molecule has 0 amide bonds. The molecule has 2 aromatic carbocycles. The summed E-state index contributed by atoms with van der Waals surface area (Å²) in [5.74, 6) is 0. The summed E-state index contributed by atoms with van der Waals surface area (Å²) in [6.07, 6.45) is 2.20. The number of rotatable bonds is 5. The van der Waals surface area contributed by atoms with Crippen molar-refractivity contribution in [2.75, 3.05) is 5.32 Å². The molecule has 2 aromatic rings. The van der Waals surface area contributed by atoms with E-state index in [0.29, 0.717) is 6.04 Å². The van der Waals surface area contributed by atoms with Crippen LogP contribution < -0.4 is 5.32 Å². The zero-order valence-electron chi connectivity index (χ0n) is 12.1. The van der Waals surface area contributed by atoms with E-state index in [1.54, 1.807) is 0 Å². The van der Waals surface area contributed by atoms with Crippen LogP contribution in [0.4, 0.5) is 5.69 Å². The summed E-state index contributed by atoms with van der Waals surface area (Å²) in [6, 6.07) is 17.9. The third-order valence-corrected chi connectivity index (χ3v) is 3.48. The van der Waals surface area contributed by atoms with E-state index in [-0.39, 0.29) is 0 Å². The minimum absolute atomic E-state index is 0.490. The quantitative estimate of drug-likeness (QED) is 0.811. The van der Waals surface area contributed by atoms with Gasteiger partial charge in [0, 0.05) is 11.7 Å². The second-order valence-corrected chi connectivity index (χ2v) is 5.31. The lowest BCUT2D eigenvalue weighted by atomic mass is 10.0. The van der Waals surface area contributed by atoms with Crippen molar-refractivity contribution < 1.29 is 0 Å². The first-order valence-electron chi connectivity index (χ1n) is 7.06. The lowest BCUT2D eigenvalue weighted by Crippen LogP contribution is -2.21. The third-order valence-electron chi connectivity index (χ3n) is 3.48. The minimum atomic E-state index is 0.490. The molecule has 19 heavy (non-hydrogen) atoms. The molecule has 0 aliphatic rings. The van der Waals surface area contributed by atoms with Crippen molar-refractivity contribution in [3.05, 3.63) is 65.2 Å². The maximum atomic E-state index is 3.62. The monoisotopic (exact) mass is 253 g/mol. The Morgan fingerprint density at radius 3 is 2.32 bits per heavy atom. The summed E-state index contributed by atoms with van der Waals surface area (Å²) in [5, 5.41) is 3.62. The van der Waals surface area contributed by atoms with Gasteiger partial charge < -0.3 is 5.32 Å². The predicted molar refractivity (Wildman–Crippen MR) is 83.8 cm³/mol. The van der Waals surface area contributed by atoms with Gasteiger partial charge in [-0.2, -0.15) is 0 Å². The Morgan fingerprint density at radius 2 is 1.68 bits per heavy atom. The summed E-state index contributed by atoms with van der Waals surface area (Å²) in [5.41, 5.74) is 5.26. The van der Waals surface area contributed by atoms with Crippen molar-refractivity contribution in [3.63, 3.8) is 0 Å². The minimum Gasteiger partial charge on any atom is -0.382 e. The highest BCUT2D eigenvalue weighted by atomic mass is 14.9. The number of aryl methyl sites for hydroxylation is 2. The van der Waals surface area contributed by atoms with Gasteiger partial charge in [-0.3, -0.25) is 0 Å². The van der Waals surface area contributed by atoms with Crippen molar-refractivity contribution >= 4 is 5.69 Å². The lowest BCUT2D eigenvalue weighted by molar-refractivity contribution is 0.690. The molecule has 1 nitrogen and oxygen atoms in total. The highest BCUT2D eigenvalue weighted by Gasteiger charge is 2.07. The van der Waals surface area contributed by atoms with Gasteiger partial charge in [0.15, 0.2) is 0 Å². The van der Waals surface area contributed by atoms with Crippen molar-refractivity contribution in [2.45, 2.75) is 39.7 Å². The third kappa shape index (κ3) is 4.13. The van der Waals surface area contributed by atoms with E-state index < -0.39 is 0 Å². The average Bonchev–Trinajstić information content (AvgIpc) is 2.40. The lowest BCUT2D eigenvalue weighted by Gasteiger charge is -2.19. The molecule has 1 heteroatoms. The highest BCUT2D eigenvalue weighted by Crippen LogP contribution is 2.15. The molecule has 0 saturated heterocycles. The second-order valence-electron chi connectivity index (χ2n) is 5.31. The topological polar surface area (TPSA) is 12.0 Å². The molecule has 1 N–H and O–H groups in total. The Balaban J connectivity index is 2.02. The van der Waals surface area contributed by atoms with Crippen LogP contribution in [0.1, 0.15) is 30.0 Å². The van der Waals surface area contributed by atoms with Gasteiger partial charge in [-0.1, -0.05) is 54.4 Å². The highest BCUT2D eigenvalue weighted by molar-refractivity contribution is 5.45. The van der Waals surface area contributed by atoms with Crippen molar-refractivity contribution in [3.8, 4) is 0 Å². The average molecular weight is 253 g/mol. The first-order valence-corrected chi connectivity index (χ1v) is 7.06. The molecular formula is C18H23N. The summed E-state index contributed by atoms with van der Waals surface area (Å²) >= 11 is 0. The Kier molecular flexibility index (Phi) is 4.62. The molecule has 0 aliphatic heterocycles. The van der Waals surface area contributed by atoms with Gasteiger partial charge in [-0.25, -0.2) is 0 Å². The maximum Gasteiger partial charge on any atom is 0.0342 e. The Hall–Kier alpha value is -1.76. The molecule has 0 radical (unpaired) electrons. The second kappa shape index (κ2) is 6.42. The molecule has 0 aliphatic carbocycles. The zero-order valence-corrected chi connectivity index (χ0v) is 12.1. The standard InChI is InChI=1S/C18H23N/c1-4-17(13-16-7-5-6-15(3)12-16)19-18-10-8-14(2)9-11-18/h5-12,17,19H,4,13H2,1-3H3. The van der Waals surface area contributed by atoms with Crippen LogP contribution in [0, 0.1) is 13.8 Å². The summed E-state index contributed by atoms with van der Waals surface area (Å²) in [4.78, 5) is 0. The molecule has 0 spiro atoms. The SMILES string of the molecule is CCC(Cc1cccc(C)c1)Nc1ccc(C)cc1. The van der Waals surface area contributed by atoms with Gasteiger partial charge in [0.25, 0.3) is 0 Å². The number of hydrogen-bond acceptors (Lipinski definition) is 1. The molecule has 1 atom stereocenters. The fourth-order valence-corrected chi connectivity index (χ4v) is 2.31. The van der Waals surface area contributed by atoms with Crippen LogP contribution in [-0.2, 0) is 6.42 Å². The Morgan fingerprint density at radius 1 is 0.947 bits per heavy atom. The summed E-state index contributed by atoms with van der Waals surface area (Å²) in [7, 11) is 0. The predicted octanol–water partition coefficient (Wildman–Crippen LogP) is 4.74. The summed E-state index contributed by atoms with van der Waals surface area (Å²) in [6.45, 7) is 6.51. The Bertz CT molecular complexity index is 513. The largest absolute Gasteiger partial charge is 0.382 e. The van der Waals surface area contributed by atoms with Crippen LogP contribution in [0.3, 0.4) is 0 Å². The number of benzene rings is 2.